The van der Waals surface area contributed by atoms with Gasteiger partial charge in [0, 0.05) is 23.0 Å². The number of benzene rings is 1. The molecule has 0 radical (unpaired) electrons. The SMILES string of the molecule is CNCc1ccc(Sc2nnnn2C)cc1Br. The standard InChI is InChI=1S/C10H12BrN5S/c1-12-6-7-3-4-8(5-9(7)11)17-10-13-14-15-16(10)2/h3-5,12H,6H2,1-2H3. The van der Waals surface area contributed by atoms with Crippen LogP contribution in [0.5, 0.6) is 0 Å². The van der Waals surface area contributed by atoms with E-state index in [9.17, 15) is 0 Å². The number of halogens is 1. The Morgan fingerprint density at radius 2 is 2.29 bits per heavy atom. The fourth-order valence-corrected chi connectivity index (χ4v) is 2.78. The summed E-state index contributed by atoms with van der Waals surface area (Å²) < 4.78 is 2.74. The van der Waals surface area contributed by atoms with Crippen molar-refractivity contribution in [1.29, 1.82) is 0 Å². The molecule has 7 heteroatoms. The minimum atomic E-state index is 0.776. The first-order valence-corrected chi connectivity index (χ1v) is 6.65. The lowest BCUT2D eigenvalue weighted by Crippen LogP contribution is -2.05. The fraction of sp³-hybridized carbons (Fsp3) is 0.300. The number of tetrazole rings is 1. The Hall–Kier alpha value is -0.920. The first-order chi connectivity index (χ1) is 8.20. The molecule has 0 atom stereocenters. The molecule has 90 valence electrons. The van der Waals surface area contributed by atoms with Gasteiger partial charge in [0.05, 0.1) is 0 Å². The third-order valence-corrected chi connectivity index (χ3v) is 3.94. The van der Waals surface area contributed by atoms with Gasteiger partial charge in [-0.2, -0.15) is 0 Å². The fourth-order valence-electron chi connectivity index (χ4n) is 1.34. The highest BCUT2D eigenvalue weighted by Crippen LogP contribution is 2.29. The molecule has 0 amide bonds. The molecular weight excluding hydrogens is 302 g/mol. The van der Waals surface area contributed by atoms with E-state index in [1.165, 1.54) is 17.3 Å². The van der Waals surface area contributed by atoms with E-state index in [1.54, 1.807) is 4.68 Å². The third kappa shape index (κ3) is 3.05. The van der Waals surface area contributed by atoms with Gasteiger partial charge in [0.15, 0.2) is 0 Å². The Kier molecular flexibility index (Phi) is 4.14. The molecule has 1 N–H and O–H groups in total. The molecule has 1 aromatic heterocycles. The summed E-state index contributed by atoms with van der Waals surface area (Å²) in [6.45, 7) is 0.844. The zero-order valence-corrected chi connectivity index (χ0v) is 11.9. The van der Waals surface area contributed by atoms with Crippen molar-refractivity contribution in [2.24, 2.45) is 7.05 Å². The van der Waals surface area contributed by atoms with Crippen LogP contribution in [0.25, 0.3) is 0 Å². The smallest absolute Gasteiger partial charge is 0.213 e. The van der Waals surface area contributed by atoms with Gasteiger partial charge in [-0.05, 0) is 46.9 Å². The summed E-state index contributed by atoms with van der Waals surface area (Å²) >= 11 is 5.10. The van der Waals surface area contributed by atoms with Gasteiger partial charge in [-0.25, -0.2) is 4.68 Å². The van der Waals surface area contributed by atoms with Crippen LogP contribution in [0.1, 0.15) is 5.56 Å². The summed E-state index contributed by atoms with van der Waals surface area (Å²) in [7, 11) is 3.76. The summed E-state index contributed by atoms with van der Waals surface area (Å²) in [6.07, 6.45) is 0. The van der Waals surface area contributed by atoms with Crippen molar-refractivity contribution >= 4 is 27.7 Å². The lowest BCUT2D eigenvalue weighted by molar-refractivity contribution is 0.664. The topological polar surface area (TPSA) is 55.6 Å². The molecule has 0 spiro atoms. The zero-order valence-electron chi connectivity index (χ0n) is 9.51. The van der Waals surface area contributed by atoms with Gasteiger partial charge < -0.3 is 5.32 Å². The van der Waals surface area contributed by atoms with Crippen molar-refractivity contribution in [3.8, 4) is 0 Å². The van der Waals surface area contributed by atoms with E-state index < -0.39 is 0 Å². The maximum Gasteiger partial charge on any atom is 0.213 e. The van der Waals surface area contributed by atoms with Crippen LogP contribution in [0, 0.1) is 0 Å². The van der Waals surface area contributed by atoms with Crippen LogP contribution in [0.4, 0.5) is 0 Å². The van der Waals surface area contributed by atoms with Crippen LogP contribution in [0.15, 0.2) is 32.7 Å². The summed E-state index contributed by atoms with van der Waals surface area (Å²) in [4.78, 5) is 1.11. The highest BCUT2D eigenvalue weighted by Gasteiger charge is 2.06. The first kappa shape index (κ1) is 12.5. The molecule has 0 saturated carbocycles. The molecule has 5 nitrogen and oxygen atoms in total. The van der Waals surface area contributed by atoms with Gasteiger partial charge in [0.2, 0.25) is 5.16 Å². The summed E-state index contributed by atoms with van der Waals surface area (Å²) in [5.41, 5.74) is 1.23. The minimum absolute atomic E-state index is 0.776. The summed E-state index contributed by atoms with van der Waals surface area (Å²) in [5.74, 6) is 0. The predicted octanol–water partition coefficient (Wildman–Crippen LogP) is 1.84. The monoisotopic (exact) mass is 313 g/mol. The van der Waals surface area contributed by atoms with Gasteiger partial charge in [-0.15, -0.1) is 5.10 Å². The number of nitrogens with one attached hydrogen (secondary N) is 1. The zero-order chi connectivity index (χ0) is 12.3. The molecule has 17 heavy (non-hydrogen) atoms. The number of aryl methyl sites for hydroxylation is 1. The molecule has 0 fully saturated rings. The number of hydrogen-bond donors (Lipinski definition) is 1. The van der Waals surface area contributed by atoms with E-state index >= 15 is 0 Å². The largest absolute Gasteiger partial charge is 0.316 e. The van der Waals surface area contributed by atoms with Crippen molar-refractivity contribution in [1.82, 2.24) is 25.5 Å². The van der Waals surface area contributed by atoms with E-state index in [1.807, 2.05) is 14.1 Å². The predicted molar refractivity (Wildman–Crippen MR) is 69.8 cm³/mol. The molecule has 0 bridgehead atoms. The van der Waals surface area contributed by atoms with Crippen molar-refractivity contribution in [3.63, 3.8) is 0 Å². The normalized spacial score (nSPS) is 10.8. The summed E-state index contributed by atoms with van der Waals surface area (Å²) in [6, 6.07) is 6.23. The number of nitrogens with zero attached hydrogens (tertiary/aromatic N) is 4. The maximum absolute atomic E-state index is 3.94. The first-order valence-electron chi connectivity index (χ1n) is 5.04. The Labute approximate surface area is 112 Å². The average molecular weight is 314 g/mol. The van der Waals surface area contributed by atoms with Crippen LogP contribution < -0.4 is 5.32 Å². The Morgan fingerprint density at radius 1 is 1.47 bits per heavy atom. The number of hydrogen-bond acceptors (Lipinski definition) is 5. The van der Waals surface area contributed by atoms with Crippen molar-refractivity contribution in [2.75, 3.05) is 7.05 Å². The van der Waals surface area contributed by atoms with Crippen LogP contribution >= 0.6 is 27.7 Å². The maximum atomic E-state index is 3.94. The van der Waals surface area contributed by atoms with Crippen molar-refractivity contribution < 1.29 is 0 Å². The van der Waals surface area contributed by atoms with Crippen LogP contribution in [0.2, 0.25) is 0 Å². The summed E-state index contributed by atoms with van der Waals surface area (Å²) in [5, 5.41) is 15.2. The van der Waals surface area contributed by atoms with E-state index in [2.05, 4.69) is 55.0 Å². The second kappa shape index (κ2) is 5.61. The van der Waals surface area contributed by atoms with Crippen LogP contribution in [-0.4, -0.2) is 27.3 Å². The lowest BCUT2D eigenvalue weighted by atomic mass is 10.2. The molecule has 1 heterocycles. The molecule has 0 aliphatic heterocycles. The molecule has 0 saturated heterocycles. The third-order valence-electron chi connectivity index (χ3n) is 2.18. The van der Waals surface area contributed by atoms with Crippen LogP contribution in [-0.2, 0) is 13.6 Å². The van der Waals surface area contributed by atoms with E-state index in [4.69, 9.17) is 0 Å². The second-order valence-corrected chi connectivity index (χ2v) is 5.37. The van der Waals surface area contributed by atoms with Crippen LogP contribution in [0.3, 0.4) is 0 Å². The Bertz CT molecular complexity index is 513. The quantitative estimate of drug-likeness (QED) is 0.933. The average Bonchev–Trinajstić information content (AvgIpc) is 2.69. The number of rotatable bonds is 4. The molecule has 2 aromatic rings. The molecule has 0 unspecified atom stereocenters. The molecule has 0 aliphatic carbocycles. The molecule has 1 aromatic carbocycles. The highest BCUT2D eigenvalue weighted by atomic mass is 79.9. The second-order valence-electron chi connectivity index (χ2n) is 3.47. The van der Waals surface area contributed by atoms with E-state index in [-0.39, 0.29) is 0 Å². The van der Waals surface area contributed by atoms with Gasteiger partial charge in [0.25, 0.3) is 0 Å². The van der Waals surface area contributed by atoms with Gasteiger partial charge in [0.1, 0.15) is 0 Å². The van der Waals surface area contributed by atoms with E-state index in [0.29, 0.717) is 0 Å². The molecule has 0 aliphatic rings. The van der Waals surface area contributed by atoms with Crippen molar-refractivity contribution in [2.45, 2.75) is 16.6 Å². The lowest BCUT2D eigenvalue weighted by Gasteiger charge is -2.06. The van der Waals surface area contributed by atoms with Crippen molar-refractivity contribution in [3.05, 3.63) is 28.2 Å². The minimum Gasteiger partial charge on any atom is -0.316 e. The Balaban J connectivity index is 2.18. The number of aromatic nitrogens is 4. The van der Waals surface area contributed by atoms with Gasteiger partial charge in [-0.1, -0.05) is 22.0 Å². The highest BCUT2D eigenvalue weighted by molar-refractivity contribution is 9.10. The van der Waals surface area contributed by atoms with Gasteiger partial charge in [-0.3, -0.25) is 0 Å². The Morgan fingerprint density at radius 3 is 2.88 bits per heavy atom. The molecular formula is C10H12BrN5S. The van der Waals surface area contributed by atoms with E-state index in [0.717, 1.165) is 21.1 Å². The van der Waals surface area contributed by atoms with Gasteiger partial charge >= 0.3 is 0 Å². The molecule has 2 rings (SSSR count).